The molecule has 0 heterocycles. The molecule has 1 unspecified atom stereocenters. The smallest absolute Gasteiger partial charge is 0.160 e. The fourth-order valence-corrected chi connectivity index (χ4v) is 2.20. The number of hydrogen-bond acceptors (Lipinski definition) is 2. The molecule has 0 saturated carbocycles. The van der Waals surface area contributed by atoms with E-state index in [1.165, 1.54) is 37.7 Å². The van der Waals surface area contributed by atoms with E-state index < -0.39 is 0 Å². The second-order valence-electron chi connectivity index (χ2n) is 4.86. The highest BCUT2D eigenvalue weighted by molar-refractivity contribution is 5.43. The van der Waals surface area contributed by atoms with E-state index >= 15 is 0 Å². The molecule has 0 aliphatic carbocycles. The number of rotatable bonds is 8. The van der Waals surface area contributed by atoms with Crippen LogP contribution in [-0.4, -0.2) is 14.2 Å². The SMILES string of the molecule is CCCCCCC(C)c1ccc(OC)c(OC)c1. The Kier molecular flexibility index (Phi) is 6.63. The lowest BCUT2D eigenvalue weighted by atomic mass is 9.94. The average Bonchev–Trinajstić information content (AvgIpc) is 2.42. The molecule has 102 valence electrons. The molecule has 0 saturated heterocycles. The molecule has 0 spiro atoms. The van der Waals surface area contributed by atoms with Crippen molar-refractivity contribution in [1.82, 2.24) is 0 Å². The minimum atomic E-state index is 0.585. The van der Waals surface area contributed by atoms with Gasteiger partial charge < -0.3 is 9.47 Å². The van der Waals surface area contributed by atoms with E-state index in [0.717, 1.165) is 11.5 Å². The van der Waals surface area contributed by atoms with Gasteiger partial charge in [-0.25, -0.2) is 0 Å². The van der Waals surface area contributed by atoms with E-state index in [1.807, 2.05) is 6.07 Å². The van der Waals surface area contributed by atoms with Crippen molar-refractivity contribution in [3.8, 4) is 11.5 Å². The maximum absolute atomic E-state index is 5.35. The molecule has 0 amide bonds. The third-order valence-corrected chi connectivity index (χ3v) is 3.47. The predicted octanol–water partition coefficient (Wildman–Crippen LogP) is 4.78. The first-order chi connectivity index (χ1) is 8.72. The predicted molar refractivity (Wildman–Crippen MR) is 76.7 cm³/mol. The summed E-state index contributed by atoms with van der Waals surface area (Å²) in [5.74, 6) is 2.22. The molecular weight excluding hydrogens is 224 g/mol. The van der Waals surface area contributed by atoms with Crippen LogP contribution in [-0.2, 0) is 0 Å². The van der Waals surface area contributed by atoms with Crippen molar-refractivity contribution in [3.63, 3.8) is 0 Å². The summed E-state index contributed by atoms with van der Waals surface area (Å²) in [6.45, 7) is 4.53. The molecular formula is C16H26O2. The molecule has 0 fully saturated rings. The van der Waals surface area contributed by atoms with Crippen molar-refractivity contribution in [2.24, 2.45) is 0 Å². The van der Waals surface area contributed by atoms with Crippen molar-refractivity contribution in [2.75, 3.05) is 14.2 Å². The molecule has 1 aromatic rings. The van der Waals surface area contributed by atoms with Gasteiger partial charge in [-0.2, -0.15) is 0 Å². The van der Waals surface area contributed by atoms with Gasteiger partial charge in [-0.3, -0.25) is 0 Å². The number of ether oxygens (including phenoxy) is 2. The zero-order valence-electron chi connectivity index (χ0n) is 12.2. The second-order valence-corrected chi connectivity index (χ2v) is 4.86. The second kappa shape index (κ2) is 8.02. The van der Waals surface area contributed by atoms with Gasteiger partial charge >= 0.3 is 0 Å². The Labute approximate surface area is 111 Å². The van der Waals surface area contributed by atoms with Gasteiger partial charge in [0.2, 0.25) is 0 Å². The minimum Gasteiger partial charge on any atom is -0.493 e. The Balaban J connectivity index is 2.59. The van der Waals surface area contributed by atoms with Gasteiger partial charge in [-0.15, -0.1) is 0 Å². The summed E-state index contributed by atoms with van der Waals surface area (Å²) in [6, 6.07) is 6.24. The van der Waals surface area contributed by atoms with Crippen LogP contribution < -0.4 is 9.47 Å². The molecule has 2 heteroatoms. The lowest BCUT2D eigenvalue weighted by Crippen LogP contribution is -1.97. The van der Waals surface area contributed by atoms with E-state index in [4.69, 9.17) is 9.47 Å². The maximum atomic E-state index is 5.35. The Morgan fingerprint density at radius 2 is 1.72 bits per heavy atom. The Morgan fingerprint density at radius 1 is 1.00 bits per heavy atom. The summed E-state index contributed by atoms with van der Waals surface area (Å²) in [7, 11) is 3.36. The van der Waals surface area contributed by atoms with Crippen LogP contribution in [0.4, 0.5) is 0 Å². The molecule has 0 radical (unpaired) electrons. The highest BCUT2D eigenvalue weighted by Crippen LogP contribution is 2.32. The number of unbranched alkanes of at least 4 members (excludes halogenated alkanes) is 3. The van der Waals surface area contributed by atoms with E-state index in [-0.39, 0.29) is 0 Å². The van der Waals surface area contributed by atoms with Crippen LogP contribution in [0.15, 0.2) is 18.2 Å². The molecule has 2 nitrogen and oxygen atoms in total. The standard InChI is InChI=1S/C16H26O2/c1-5-6-7-8-9-13(2)14-10-11-15(17-3)16(12-14)18-4/h10-13H,5-9H2,1-4H3. The molecule has 1 atom stereocenters. The van der Waals surface area contributed by atoms with Crippen LogP contribution in [0.3, 0.4) is 0 Å². The topological polar surface area (TPSA) is 18.5 Å². The van der Waals surface area contributed by atoms with Crippen LogP contribution in [0.2, 0.25) is 0 Å². The molecule has 0 aliphatic rings. The van der Waals surface area contributed by atoms with Gasteiger partial charge in [0.1, 0.15) is 0 Å². The summed E-state index contributed by atoms with van der Waals surface area (Å²) in [4.78, 5) is 0. The van der Waals surface area contributed by atoms with Gasteiger partial charge in [0.25, 0.3) is 0 Å². The fraction of sp³-hybridized carbons (Fsp3) is 0.625. The van der Waals surface area contributed by atoms with Crippen LogP contribution in [0.5, 0.6) is 11.5 Å². The van der Waals surface area contributed by atoms with Crippen LogP contribution >= 0.6 is 0 Å². The summed E-state index contributed by atoms with van der Waals surface area (Å²) < 4.78 is 10.6. The molecule has 1 aromatic carbocycles. The van der Waals surface area contributed by atoms with Crippen molar-refractivity contribution < 1.29 is 9.47 Å². The Hall–Kier alpha value is -1.18. The normalized spacial score (nSPS) is 12.2. The Morgan fingerprint density at radius 3 is 2.33 bits per heavy atom. The first-order valence-electron chi connectivity index (χ1n) is 6.94. The van der Waals surface area contributed by atoms with E-state index in [1.54, 1.807) is 14.2 Å². The molecule has 0 aromatic heterocycles. The molecule has 18 heavy (non-hydrogen) atoms. The van der Waals surface area contributed by atoms with E-state index in [9.17, 15) is 0 Å². The summed E-state index contributed by atoms with van der Waals surface area (Å²) in [5, 5.41) is 0. The third-order valence-electron chi connectivity index (χ3n) is 3.47. The number of benzene rings is 1. The van der Waals surface area contributed by atoms with Gasteiger partial charge in [0.15, 0.2) is 11.5 Å². The zero-order chi connectivity index (χ0) is 13.4. The number of hydrogen-bond donors (Lipinski definition) is 0. The van der Waals surface area contributed by atoms with Crippen molar-refractivity contribution in [1.29, 1.82) is 0 Å². The van der Waals surface area contributed by atoms with Gasteiger partial charge in [-0.1, -0.05) is 45.6 Å². The quantitative estimate of drug-likeness (QED) is 0.618. The van der Waals surface area contributed by atoms with Gasteiger partial charge in [-0.05, 0) is 30.0 Å². The highest BCUT2D eigenvalue weighted by Gasteiger charge is 2.09. The highest BCUT2D eigenvalue weighted by atomic mass is 16.5. The van der Waals surface area contributed by atoms with E-state index in [0.29, 0.717) is 5.92 Å². The summed E-state index contributed by atoms with van der Waals surface area (Å²) in [5.41, 5.74) is 1.34. The third kappa shape index (κ3) is 4.25. The molecule has 0 bridgehead atoms. The van der Waals surface area contributed by atoms with Crippen LogP contribution in [0.25, 0.3) is 0 Å². The Bertz CT molecular complexity index is 347. The molecule has 0 aliphatic heterocycles. The molecule has 0 N–H and O–H groups in total. The van der Waals surface area contributed by atoms with Gasteiger partial charge in [0.05, 0.1) is 14.2 Å². The number of methoxy groups -OCH3 is 2. The average molecular weight is 250 g/mol. The largest absolute Gasteiger partial charge is 0.493 e. The minimum absolute atomic E-state index is 0.585. The lowest BCUT2D eigenvalue weighted by Gasteiger charge is -2.14. The zero-order valence-corrected chi connectivity index (χ0v) is 12.2. The van der Waals surface area contributed by atoms with Crippen molar-refractivity contribution in [3.05, 3.63) is 23.8 Å². The van der Waals surface area contributed by atoms with Crippen molar-refractivity contribution in [2.45, 2.75) is 51.9 Å². The summed E-state index contributed by atoms with van der Waals surface area (Å²) >= 11 is 0. The van der Waals surface area contributed by atoms with Crippen LogP contribution in [0, 0.1) is 0 Å². The first kappa shape index (κ1) is 14.9. The first-order valence-corrected chi connectivity index (χ1v) is 6.94. The summed E-state index contributed by atoms with van der Waals surface area (Å²) in [6.07, 6.45) is 6.54. The van der Waals surface area contributed by atoms with Gasteiger partial charge in [0, 0.05) is 0 Å². The molecule has 1 rings (SSSR count). The van der Waals surface area contributed by atoms with E-state index in [2.05, 4.69) is 26.0 Å². The lowest BCUT2D eigenvalue weighted by molar-refractivity contribution is 0.354. The van der Waals surface area contributed by atoms with Crippen molar-refractivity contribution >= 4 is 0 Å². The monoisotopic (exact) mass is 250 g/mol. The van der Waals surface area contributed by atoms with Crippen LogP contribution in [0.1, 0.15) is 57.4 Å². The maximum Gasteiger partial charge on any atom is 0.160 e. The fourth-order valence-electron chi connectivity index (χ4n) is 2.20.